The average molecular weight is 170 g/mol. The number of fused-ring (bicyclic) bond motifs is 1. The minimum absolute atomic E-state index is 0.0441. The van der Waals surface area contributed by atoms with Crippen molar-refractivity contribution in [1.82, 2.24) is 10.2 Å². The molecule has 2 rings (SSSR count). The van der Waals surface area contributed by atoms with Crippen LogP contribution in [0, 0.1) is 0 Å². The van der Waals surface area contributed by atoms with E-state index in [9.17, 15) is 9.59 Å². The molecule has 0 aliphatic carbocycles. The molecule has 66 valence electrons. The number of aliphatic hydroxyl groups excluding tert-OH is 1. The van der Waals surface area contributed by atoms with Crippen LogP contribution in [0.1, 0.15) is 12.8 Å². The van der Waals surface area contributed by atoms with Crippen LogP contribution in [0.5, 0.6) is 0 Å². The standard InChI is InChI=1S/C7H10N2O3/c10-3-4-7(12)8-5-1-2-6(11)9(4)5/h4-5,10H,1-3H2,(H,8,12)/t4-,5+/m1/s1. The summed E-state index contributed by atoms with van der Waals surface area (Å²) in [7, 11) is 0. The van der Waals surface area contributed by atoms with Gasteiger partial charge in [-0.2, -0.15) is 0 Å². The van der Waals surface area contributed by atoms with Gasteiger partial charge in [0.05, 0.1) is 6.61 Å². The van der Waals surface area contributed by atoms with Crippen LogP contribution in [0.4, 0.5) is 0 Å². The zero-order valence-corrected chi connectivity index (χ0v) is 6.49. The summed E-state index contributed by atoms with van der Waals surface area (Å²) in [5, 5.41) is 11.5. The maximum absolute atomic E-state index is 11.2. The van der Waals surface area contributed by atoms with Crippen LogP contribution < -0.4 is 5.32 Å². The molecule has 5 nitrogen and oxygen atoms in total. The molecule has 2 heterocycles. The molecule has 2 saturated heterocycles. The Morgan fingerprint density at radius 1 is 1.58 bits per heavy atom. The lowest BCUT2D eigenvalue weighted by Gasteiger charge is -2.18. The number of hydrogen-bond donors (Lipinski definition) is 2. The molecular weight excluding hydrogens is 160 g/mol. The summed E-state index contributed by atoms with van der Waals surface area (Å²) >= 11 is 0. The highest BCUT2D eigenvalue weighted by Crippen LogP contribution is 2.24. The third-order valence-electron chi connectivity index (χ3n) is 2.38. The second-order valence-electron chi connectivity index (χ2n) is 3.06. The third kappa shape index (κ3) is 0.828. The SMILES string of the molecule is O=C1N[C@@H]2CCC(=O)N2[C@@H]1CO. The van der Waals surface area contributed by atoms with Gasteiger partial charge in [-0.15, -0.1) is 0 Å². The summed E-state index contributed by atoms with van der Waals surface area (Å²) in [5.74, 6) is -0.284. The first-order valence-corrected chi connectivity index (χ1v) is 3.96. The second kappa shape index (κ2) is 2.45. The van der Waals surface area contributed by atoms with Crippen LogP contribution in [-0.2, 0) is 9.59 Å². The fraction of sp³-hybridized carbons (Fsp3) is 0.714. The van der Waals surface area contributed by atoms with E-state index in [-0.39, 0.29) is 24.6 Å². The molecule has 5 heteroatoms. The number of aliphatic hydroxyl groups is 1. The van der Waals surface area contributed by atoms with Crippen molar-refractivity contribution in [2.75, 3.05) is 6.61 Å². The van der Waals surface area contributed by atoms with E-state index < -0.39 is 6.04 Å². The maximum Gasteiger partial charge on any atom is 0.246 e. The van der Waals surface area contributed by atoms with Gasteiger partial charge in [0.15, 0.2) is 0 Å². The number of carbonyl (C=O) groups is 2. The summed E-state index contributed by atoms with van der Waals surface area (Å²) in [4.78, 5) is 23.7. The van der Waals surface area contributed by atoms with E-state index in [1.165, 1.54) is 4.90 Å². The van der Waals surface area contributed by atoms with Gasteiger partial charge in [0.1, 0.15) is 12.2 Å². The maximum atomic E-state index is 11.2. The molecule has 0 spiro atoms. The summed E-state index contributed by atoms with van der Waals surface area (Å²) < 4.78 is 0. The minimum Gasteiger partial charge on any atom is -0.394 e. The first-order chi connectivity index (χ1) is 5.74. The first-order valence-electron chi connectivity index (χ1n) is 3.96. The van der Waals surface area contributed by atoms with Gasteiger partial charge in [-0.05, 0) is 6.42 Å². The molecule has 2 aliphatic rings. The lowest BCUT2D eigenvalue weighted by atomic mass is 10.3. The normalized spacial score (nSPS) is 33.9. The van der Waals surface area contributed by atoms with Crippen molar-refractivity contribution >= 4 is 11.8 Å². The highest BCUT2D eigenvalue weighted by atomic mass is 16.3. The highest BCUT2D eigenvalue weighted by molar-refractivity contribution is 5.92. The minimum atomic E-state index is -0.648. The Balaban J connectivity index is 2.23. The van der Waals surface area contributed by atoms with Gasteiger partial charge in [-0.1, -0.05) is 0 Å². The molecule has 0 saturated carbocycles. The van der Waals surface area contributed by atoms with E-state index in [0.29, 0.717) is 12.8 Å². The van der Waals surface area contributed by atoms with Crippen molar-refractivity contribution in [3.63, 3.8) is 0 Å². The molecule has 2 atom stereocenters. The summed E-state index contributed by atoms with van der Waals surface area (Å²) in [6.45, 7) is -0.284. The smallest absolute Gasteiger partial charge is 0.246 e. The van der Waals surface area contributed by atoms with Crippen LogP contribution in [-0.4, -0.2) is 40.6 Å². The predicted octanol–water partition coefficient (Wildman–Crippen LogP) is -1.57. The topological polar surface area (TPSA) is 69.6 Å². The van der Waals surface area contributed by atoms with E-state index in [4.69, 9.17) is 5.11 Å². The number of hydrogen-bond acceptors (Lipinski definition) is 3. The largest absolute Gasteiger partial charge is 0.394 e. The summed E-state index contributed by atoms with van der Waals surface area (Å²) in [6, 6.07) is -0.648. The van der Waals surface area contributed by atoms with Crippen molar-refractivity contribution in [2.24, 2.45) is 0 Å². The second-order valence-corrected chi connectivity index (χ2v) is 3.06. The number of rotatable bonds is 1. The lowest BCUT2D eigenvalue weighted by molar-refractivity contribution is -0.134. The van der Waals surface area contributed by atoms with Gasteiger partial charge in [0.25, 0.3) is 0 Å². The Kier molecular flexibility index (Phi) is 1.54. The van der Waals surface area contributed by atoms with Gasteiger partial charge in [-0.25, -0.2) is 0 Å². The Bertz CT molecular complexity index is 239. The Morgan fingerprint density at radius 2 is 2.33 bits per heavy atom. The Hall–Kier alpha value is -1.10. The van der Waals surface area contributed by atoms with Crippen molar-refractivity contribution in [3.8, 4) is 0 Å². The lowest BCUT2D eigenvalue weighted by Crippen LogP contribution is -2.39. The zero-order valence-electron chi connectivity index (χ0n) is 6.49. The van der Waals surface area contributed by atoms with Crippen molar-refractivity contribution in [3.05, 3.63) is 0 Å². The van der Waals surface area contributed by atoms with Gasteiger partial charge < -0.3 is 15.3 Å². The molecule has 2 aliphatic heterocycles. The van der Waals surface area contributed by atoms with Crippen molar-refractivity contribution < 1.29 is 14.7 Å². The molecule has 0 aromatic carbocycles. The Morgan fingerprint density at radius 3 is 3.00 bits per heavy atom. The van der Waals surface area contributed by atoms with E-state index in [2.05, 4.69) is 5.32 Å². The van der Waals surface area contributed by atoms with Gasteiger partial charge in [0.2, 0.25) is 11.8 Å². The van der Waals surface area contributed by atoms with Crippen LogP contribution in [0.3, 0.4) is 0 Å². The van der Waals surface area contributed by atoms with Crippen molar-refractivity contribution in [1.29, 1.82) is 0 Å². The highest BCUT2D eigenvalue weighted by Gasteiger charge is 2.45. The van der Waals surface area contributed by atoms with Gasteiger partial charge in [-0.3, -0.25) is 9.59 Å². The molecule has 2 N–H and O–H groups in total. The third-order valence-corrected chi connectivity index (χ3v) is 2.38. The molecule has 0 unspecified atom stereocenters. The fourth-order valence-electron chi connectivity index (χ4n) is 1.79. The predicted molar refractivity (Wildman–Crippen MR) is 38.9 cm³/mol. The molecule has 0 bridgehead atoms. The molecule has 2 amide bonds. The quantitative estimate of drug-likeness (QED) is 0.499. The number of carbonyl (C=O) groups excluding carboxylic acids is 2. The number of nitrogens with zero attached hydrogens (tertiary/aromatic N) is 1. The van der Waals surface area contributed by atoms with Crippen LogP contribution in [0.15, 0.2) is 0 Å². The van der Waals surface area contributed by atoms with Crippen LogP contribution in [0.2, 0.25) is 0 Å². The fourth-order valence-corrected chi connectivity index (χ4v) is 1.79. The van der Waals surface area contributed by atoms with E-state index in [1.807, 2.05) is 0 Å². The Labute approximate surface area is 69.3 Å². The first kappa shape index (κ1) is 7.54. The zero-order chi connectivity index (χ0) is 8.72. The van der Waals surface area contributed by atoms with E-state index >= 15 is 0 Å². The molecule has 0 radical (unpaired) electrons. The molecule has 0 aromatic rings. The summed E-state index contributed by atoms with van der Waals surface area (Å²) in [5.41, 5.74) is 0. The molecule has 12 heavy (non-hydrogen) atoms. The molecular formula is C7H10N2O3. The van der Waals surface area contributed by atoms with Crippen LogP contribution >= 0.6 is 0 Å². The molecule has 2 fully saturated rings. The number of nitrogens with one attached hydrogen (secondary N) is 1. The van der Waals surface area contributed by atoms with Crippen LogP contribution in [0.25, 0.3) is 0 Å². The molecule has 0 aromatic heterocycles. The van der Waals surface area contributed by atoms with E-state index in [0.717, 1.165) is 0 Å². The monoisotopic (exact) mass is 170 g/mol. The van der Waals surface area contributed by atoms with Gasteiger partial charge >= 0.3 is 0 Å². The van der Waals surface area contributed by atoms with E-state index in [1.54, 1.807) is 0 Å². The average Bonchev–Trinajstić information content (AvgIpc) is 2.52. The number of amides is 2. The van der Waals surface area contributed by atoms with Gasteiger partial charge in [0, 0.05) is 6.42 Å². The van der Waals surface area contributed by atoms with Crippen molar-refractivity contribution in [2.45, 2.75) is 25.0 Å². The summed E-state index contributed by atoms with van der Waals surface area (Å²) in [6.07, 6.45) is 0.977.